The number of nitrogens with zero attached hydrogens (tertiary/aromatic N) is 4. The first-order chi connectivity index (χ1) is 22.4. The summed E-state index contributed by atoms with van der Waals surface area (Å²) >= 11 is 0. The molecule has 3 N–H and O–H groups in total. The van der Waals surface area contributed by atoms with Gasteiger partial charge < -0.3 is 25.8 Å². The monoisotopic (exact) mass is 655 g/mol. The molecule has 1 aromatic carbocycles. The summed E-state index contributed by atoms with van der Waals surface area (Å²) in [4.78, 5) is 57.0. The largest absolute Gasteiger partial charge is 0.341 e. The first kappa shape index (κ1) is 34.5. The number of benzene rings is 1. The lowest BCUT2D eigenvalue weighted by Gasteiger charge is -2.36. The van der Waals surface area contributed by atoms with E-state index in [1.165, 1.54) is 18.3 Å². The van der Waals surface area contributed by atoms with Gasteiger partial charge in [-0.05, 0) is 75.3 Å². The average molecular weight is 656 g/mol. The Morgan fingerprint density at radius 1 is 1.02 bits per heavy atom. The lowest BCUT2D eigenvalue weighted by molar-refractivity contribution is -0.140. The molecule has 13 heteroatoms. The van der Waals surface area contributed by atoms with Gasteiger partial charge in [0.25, 0.3) is 11.8 Å². The Balaban J connectivity index is 1.33. The van der Waals surface area contributed by atoms with Crippen molar-refractivity contribution >= 4 is 29.3 Å². The number of likely N-dealkylation sites (N-methyl/N-ethyl adjacent to an activating group) is 1. The van der Waals surface area contributed by atoms with Gasteiger partial charge in [0.1, 0.15) is 23.6 Å². The summed E-state index contributed by atoms with van der Waals surface area (Å²) < 4.78 is 31.9. The third-order valence-corrected chi connectivity index (χ3v) is 10.1. The minimum absolute atomic E-state index is 0.0698. The molecule has 2 aliphatic carbocycles. The van der Waals surface area contributed by atoms with Crippen LogP contribution in [-0.2, 0) is 20.9 Å². The average Bonchev–Trinajstić information content (AvgIpc) is 3.63. The maximum atomic E-state index is 15.7. The van der Waals surface area contributed by atoms with Crippen LogP contribution in [0.4, 0.5) is 14.5 Å². The van der Waals surface area contributed by atoms with Gasteiger partial charge in [0.05, 0.1) is 5.69 Å². The Labute approximate surface area is 274 Å². The number of amides is 4. The van der Waals surface area contributed by atoms with Crippen molar-refractivity contribution in [3.8, 4) is 0 Å². The molecule has 0 radical (unpaired) electrons. The van der Waals surface area contributed by atoms with E-state index in [0.29, 0.717) is 49.9 Å². The van der Waals surface area contributed by atoms with E-state index in [4.69, 9.17) is 0 Å². The molecular formula is C34H47F2N7O4. The summed E-state index contributed by atoms with van der Waals surface area (Å²) in [5.74, 6) is -3.12. The number of carbonyl (C=O) groups excluding carboxylic acids is 4. The molecule has 2 aromatic rings. The van der Waals surface area contributed by atoms with Crippen LogP contribution in [-0.4, -0.2) is 94.2 Å². The van der Waals surface area contributed by atoms with Gasteiger partial charge in [-0.2, -0.15) is 5.10 Å². The second kappa shape index (κ2) is 14.5. The Morgan fingerprint density at radius 2 is 1.70 bits per heavy atom. The van der Waals surface area contributed by atoms with Crippen molar-refractivity contribution in [3.05, 3.63) is 47.5 Å². The molecule has 256 valence electrons. The molecule has 1 saturated heterocycles. The maximum Gasteiger partial charge on any atom is 0.270 e. The first-order valence-electron chi connectivity index (χ1n) is 16.8. The highest BCUT2D eigenvalue weighted by molar-refractivity contribution is 6.01. The Morgan fingerprint density at radius 3 is 2.32 bits per heavy atom. The van der Waals surface area contributed by atoms with Crippen molar-refractivity contribution in [2.24, 2.45) is 11.8 Å². The summed E-state index contributed by atoms with van der Waals surface area (Å²) in [6, 6.07) is 3.86. The summed E-state index contributed by atoms with van der Waals surface area (Å²) in [6.07, 6.45) is 5.09. The molecule has 11 nitrogen and oxygen atoms in total. The predicted molar refractivity (Wildman–Crippen MR) is 173 cm³/mol. The number of rotatable bonds is 11. The van der Waals surface area contributed by atoms with Gasteiger partial charge in [0.2, 0.25) is 11.8 Å². The van der Waals surface area contributed by atoms with Crippen molar-refractivity contribution in [1.82, 2.24) is 30.2 Å². The highest BCUT2D eigenvalue weighted by Gasteiger charge is 2.52. The molecule has 1 aliphatic heterocycles. The van der Waals surface area contributed by atoms with Gasteiger partial charge >= 0.3 is 0 Å². The number of aromatic nitrogens is 2. The van der Waals surface area contributed by atoms with Crippen LogP contribution < -0.4 is 16.0 Å². The van der Waals surface area contributed by atoms with Crippen LogP contribution in [0, 0.1) is 17.7 Å². The zero-order chi connectivity index (χ0) is 33.9. The fraction of sp³-hybridized carbons (Fsp3) is 0.618. The molecule has 0 unspecified atom stereocenters. The highest BCUT2D eigenvalue weighted by atomic mass is 19.1. The zero-order valence-corrected chi connectivity index (χ0v) is 27.7. The number of piperazine rings is 1. The van der Waals surface area contributed by atoms with Gasteiger partial charge in [0, 0.05) is 44.8 Å². The molecule has 1 aromatic heterocycles. The van der Waals surface area contributed by atoms with Gasteiger partial charge in [0.15, 0.2) is 5.67 Å². The number of hydrogen-bond donors (Lipinski definition) is 3. The van der Waals surface area contributed by atoms with E-state index in [1.54, 1.807) is 28.6 Å². The third kappa shape index (κ3) is 7.99. The quantitative estimate of drug-likeness (QED) is 0.340. The fourth-order valence-electron chi connectivity index (χ4n) is 6.56. The van der Waals surface area contributed by atoms with Gasteiger partial charge in [-0.1, -0.05) is 32.8 Å². The summed E-state index contributed by atoms with van der Waals surface area (Å²) in [5, 5.41) is 12.4. The van der Waals surface area contributed by atoms with Crippen LogP contribution in [0.15, 0.2) is 30.5 Å². The van der Waals surface area contributed by atoms with E-state index >= 15 is 4.39 Å². The number of anilines is 1. The molecule has 47 heavy (non-hydrogen) atoms. The molecule has 0 spiro atoms. The summed E-state index contributed by atoms with van der Waals surface area (Å²) in [7, 11) is 1.96. The first-order valence-corrected chi connectivity index (χ1v) is 16.8. The van der Waals surface area contributed by atoms with Gasteiger partial charge in [-0.25, -0.2) is 8.78 Å². The molecule has 3 atom stereocenters. The van der Waals surface area contributed by atoms with Crippen molar-refractivity contribution in [3.63, 3.8) is 0 Å². The van der Waals surface area contributed by atoms with Crippen LogP contribution >= 0.6 is 0 Å². The Kier molecular flexibility index (Phi) is 10.6. The van der Waals surface area contributed by atoms with Crippen LogP contribution in [0.25, 0.3) is 0 Å². The van der Waals surface area contributed by atoms with Crippen molar-refractivity contribution in [1.29, 1.82) is 0 Å². The Hall–Kier alpha value is -3.87. The van der Waals surface area contributed by atoms with E-state index in [0.717, 1.165) is 25.7 Å². The Bertz CT molecular complexity index is 1460. The molecule has 0 bridgehead atoms. The molecule has 3 aliphatic rings. The van der Waals surface area contributed by atoms with E-state index in [-0.39, 0.29) is 30.4 Å². The van der Waals surface area contributed by atoms with Crippen LogP contribution in [0.5, 0.6) is 0 Å². The number of halogens is 2. The third-order valence-electron chi connectivity index (χ3n) is 10.1. The van der Waals surface area contributed by atoms with E-state index in [9.17, 15) is 23.6 Å². The van der Waals surface area contributed by atoms with E-state index in [2.05, 4.69) is 32.9 Å². The number of carbonyl (C=O) groups is 4. The van der Waals surface area contributed by atoms with Crippen LogP contribution in [0.2, 0.25) is 0 Å². The lowest BCUT2D eigenvalue weighted by Crippen LogP contribution is -2.56. The molecule has 4 amide bonds. The molecule has 2 heterocycles. The molecule has 3 fully saturated rings. The van der Waals surface area contributed by atoms with Crippen molar-refractivity contribution < 1.29 is 28.0 Å². The predicted octanol–water partition coefficient (Wildman–Crippen LogP) is 3.47. The highest BCUT2D eigenvalue weighted by Crippen LogP contribution is 2.40. The lowest BCUT2D eigenvalue weighted by atomic mass is 9.79. The standard InChI is InChI=1S/C34H47F2N7O4/c1-5-43-27(12-15-37-43)30(44)39-29(23-8-6-21(2)7-9-23)31(45)38-26-11-10-24(20-25(26)35)22(3)28(40-33(47)34(36)13-14-34)32(46)42-18-16-41(4)17-19-42/h10-12,15,20-23,28-29H,5-9,13-14,16-19H2,1-4H3,(H,38,45)(H,39,44)(H,40,47)/t21?,22-,23?,28+,29-/m0/s1. The van der Waals surface area contributed by atoms with Crippen LogP contribution in [0.1, 0.15) is 81.3 Å². The van der Waals surface area contributed by atoms with E-state index in [1.807, 2.05) is 14.0 Å². The number of hydrogen-bond acceptors (Lipinski definition) is 6. The number of aryl methyl sites for hydroxylation is 1. The maximum absolute atomic E-state index is 15.7. The van der Waals surface area contributed by atoms with Crippen molar-refractivity contribution in [2.75, 3.05) is 38.5 Å². The van der Waals surface area contributed by atoms with Crippen LogP contribution in [0.3, 0.4) is 0 Å². The number of nitrogens with one attached hydrogen (secondary N) is 3. The normalized spacial score (nSPS) is 22.9. The second-order valence-electron chi connectivity index (χ2n) is 13.6. The van der Waals surface area contributed by atoms with Gasteiger partial charge in [-0.3, -0.25) is 23.9 Å². The summed E-state index contributed by atoms with van der Waals surface area (Å²) in [5.41, 5.74) is -1.29. The van der Waals surface area contributed by atoms with Gasteiger partial charge in [-0.15, -0.1) is 0 Å². The minimum Gasteiger partial charge on any atom is -0.341 e. The fourth-order valence-corrected chi connectivity index (χ4v) is 6.56. The molecular weight excluding hydrogens is 608 g/mol. The summed E-state index contributed by atoms with van der Waals surface area (Å²) in [6.45, 7) is 8.48. The number of alkyl halides is 1. The minimum atomic E-state index is -1.97. The smallest absolute Gasteiger partial charge is 0.270 e. The second-order valence-corrected chi connectivity index (χ2v) is 13.6. The molecule has 5 rings (SSSR count). The topological polar surface area (TPSA) is 129 Å². The SMILES string of the molecule is CCn1nccc1C(=O)N[C@H](C(=O)Nc1ccc([C@H](C)[C@@H](NC(=O)C2(F)CC2)C(=O)N2CCN(C)CC2)cc1F)C1CCC(C)CC1. The zero-order valence-electron chi connectivity index (χ0n) is 27.7. The van der Waals surface area contributed by atoms with Crippen molar-refractivity contribution in [2.45, 2.75) is 89.5 Å². The van der Waals surface area contributed by atoms with E-state index < -0.39 is 47.2 Å². The molecule has 2 saturated carbocycles.